The first kappa shape index (κ1) is 15.6. The summed E-state index contributed by atoms with van der Waals surface area (Å²) in [4.78, 5) is 0. The largest absolute Gasteiger partial charge is 0.496 e. The van der Waals surface area contributed by atoms with Crippen LogP contribution in [0, 0.1) is 5.92 Å². The molecule has 1 fully saturated rings. The second-order valence-electron chi connectivity index (χ2n) is 5.31. The number of methoxy groups -OCH3 is 2. The lowest BCUT2D eigenvalue weighted by atomic mass is 9.90. The summed E-state index contributed by atoms with van der Waals surface area (Å²) in [6.45, 7) is 3.12. The zero-order valence-corrected chi connectivity index (χ0v) is 14.1. The Morgan fingerprint density at radius 3 is 2.40 bits per heavy atom. The van der Waals surface area contributed by atoms with Gasteiger partial charge in [0.2, 0.25) is 0 Å². The quantitative estimate of drug-likeness (QED) is 0.836. The molecular weight excluding hydrogens is 318 g/mol. The maximum absolute atomic E-state index is 5.59. The zero-order chi connectivity index (χ0) is 14.5. The van der Waals surface area contributed by atoms with Gasteiger partial charge in [-0.15, -0.1) is 0 Å². The molecule has 0 aromatic heterocycles. The molecule has 1 saturated carbocycles. The summed E-state index contributed by atoms with van der Waals surface area (Å²) in [5, 5.41) is 3.64. The van der Waals surface area contributed by atoms with Crippen LogP contribution in [0.2, 0.25) is 0 Å². The topological polar surface area (TPSA) is 30.5 Å². The molecule has 1 aliphatic rings. The first-order valence-corrected chi connectivity index (χ1v) is 8.15. The number of hydrogen-bond acceptors (Lipinski definition) is 3. The molecular formula is C16H24BrNO2. The van der Waals surface area contributed by atoms with E-state index in [1.54, 1.807) is 14.2 Å². The minimum absolute atomic E-state index is 0.347. The second-order valence-corrected chi connectivity index (χ2v) is 6.16. The highest BCUT2D eigenvalue weighted by molar-refractivity contribution is 9.10. The van der Waals surface area contributed by atoms with Crippen molar-refractivity contribution in [3.05, 3.63) is 22.2 Å². The molecule has 20 heavy (non-hydrogen) atoms. The van der Waals surface area contributed by atoms with Crippen LogP contribution in [-0.2, 0) is 0 Å². The molecule has 1 aromatic carbocycles. The molecule has 0 bridgehead atoms. The zero-order valence-electron chi connectivity index (χ0n) is 12.5. The SMILES string of the molecule is CCNC(c1cc(OC)c(Br)cc1OC)C1CCCC1. The van der Waals surface area contributed by atoms with Crippen molar-refractivity contribution in [2.24, 2.45) is 5.92 Å². The molecule has 4 heteroatoms. The number of nitrogens with one attached hydrogen (secondary N) is 1. The van der Waals surface area contributed by atoms with Crippen molar-refractivity contribution in [3.63, 3.8) is 0 Å². The molecule has 0 aliphatic heterocycles. The molecule has 112 valence electrons. The highest BCUT2D eigenvalue weighted by Crippen LogP contribution is 2.42. The summed E-state index contributed by atoms with van der Waals surface area (Å²) in [5.74, 6) is 2.48. The Morgan fingerprint density at radius 2 is 1.85 bits per heavy atom. The number of benzene rings is 1. The van der Waals surface area contributed by atoms with Crippen LogP contribution < -0.4 is 14.8 Å². The van der Waals surface area contributed by atoms with Crippen LogP contribution in [0.5, 0.6) is 11.5 Å². The molecule has 1 N–H and O–H groups in total. The van der Waals surface area contributed by atoms with Crippen LogP contribution in [0.25, 0.3) is 0 Å². The van der Waals surface area contributed by atoms with E-state index in [1.165, 1.54) is 31.2 Å². The van der Waals surface area contributed by atoms with Gasteiger partial charge >= 0.3 is 0 Å². The van der Waals surface area contributed by atoms with Gasteiger partial charge in [-0.05, 0) is 53.4 Å². The van der Waals surface area contributed by atoms with Crippen molar-refractivity contribution < 1.29 is 9.47 Å². The molecule has 1 aliphatic carbocycles. The maximum atomic E-state index is 5.59. The molecule has 0 saturated heterocycles. The van der Waals surface area contributed by atoms with Crippen molar-refractivity contribution >= 4 is 15.9 Å². The van der Waals surface area contributed by atoms with Crippen LogP contribution in [0.15, 0.2) is 16.6 Å². The Bertz CT molecular complexity index is 444. The van der Waals surface area contributed by atoms with Crippen LogP contribution in [-0.4, -0.2) is 20.8 Å². The van der Waals surface area contributed by atoms with Gasteiger partial charge in [-0.2, -0.15) is 0 Å². The monoisotopic (exact) mass is 341 g/mol. The van der Waals surface area contributed by atoms with E-state index in [2.05, 4.69) is 34.2 Å². The molecule has 0 spiro atoms. The van der Waals surface area contributed by atoms with Gasteiger partial charge in [0.05, 0.1) is 18.7 Å². The van der Waals surface area contributed by atoms with Crippen molar-refractivity contribution in [2.45, 2.75) is 38.6 Å². The van der Waals surface area contributed by atoms with Gasteiger partial charge in [0.25, 0.3) is 0 Å². The van der Waals surface area contributed by atoms with Gasteiger partial charge in [0.1, 0.15) is 11.5 Å². The van der Waals surface area contributed by atoms with Crippen molar-refractivity contribution in [1.29, 1.82) is 0 Å². The van der Waals surface area contributed by atoms with E-state index < -0.39 is 0 Å². The van der Waals surface area contributed by atoms with Crippen molar-refractivity contribution in [2.75, 3.05) is 20.8 Å². The third kappa shape index (κ3) is 3.29. The average molecular weight is 342 g/mol. The van der Waals surface area contributed by atoms with Gasteiger partial charge < -0.3 is 14.8 Å². The summed E-state index contributed by atoms with van der Waals surface area (Å²) in [7, 11) is 3.43. The fraction of sp³-hybridized carbons (Fsp3) is 0.625. The summed E-state index contributed by atoms with van der Waals surface area (Å²) in [5.41, 5.74) is 1.21. The van der Waals surface area contributed by atoms with Crippen LogP contribution in [0.4, 0.5) is 0 Å². The Kier molecular flexibility index (Phi) is 5.73. The van der Waals surface area contributed by atoms with E-state index in [1.807, 2.05) is 6.07 Å². The van der Waals surface area contributed by atoms with E-state index in [0.29, 0.717) is 12.0 Å². The highest BCUT2D eigenvalue weighted by Gasteiger charge is 2.28. The van der Waals surface area contributed by atoms with E-state index in [-0.39, 0.29) is 0 Å². The number of halogens is 1. The van der Waals surface area contributed by atoms with E-state index >= 15 is 0 Å². The summed E-state index contributed by atoms with van der Waals surface area (Å²) < 4.78 is 12.0. The first-order valence-electron chi connectivity index (χ1n) is 7.36. The predicted molar refractivity (Wildman–Crippen MR) is 85.6 cm³/mol. The minimum atomic E-state index is 0.347. The van der Waals surface area contributed by atoms with E-state index in [0.717, 1.165) is 22.5 Å². The van der Waals surface area contributed by atoms with Crippen LogP contribution in [0.1, 0.15) is 44.2 Å². The molecule has 0 heterocycles. The minimum Gasteiger partial charge on any atom is -0.496 e. The van der Waals surface area contributed by atoms with Crippen molar-refractivity contribution in [3.8, 4) is 11.5 Å². The Labute approximate surface area is 130 Å². The van der Waals surface area contributed by atoms with Crippen LogP contribution in [0.3, 0.4) is 0 Å². The normalized spacial score (nSPS) is 17.2. The van der Waals surface area contributed by atoms with Crippen molar-refractivity contribution in [1.82, 2.24) is 5.32 Å². The number of rotatable bonds is 6. The second kappa shape index (κ2) is 7.32. The molecule has 2 rings (SSSR count). The summed E-state index contributed by atoms with van der Waals surface area (Å²) in [6.07, 6.45) is 5.25. The van der Waals surface area contributed by atoms with E-state index in [9.17, 15) is 0 Å². The Morgan fingerprint density at radius 1 is 1.20 bits per heavy atom. The third-order valence-corrected chi connectivity index (χ3v) is 4.75. The highest BCUT2D eigenvalue weighted by atomic mass is 79.9. The first-order chi connectivity index (χ1) is 9.71. The predicted octanol–water partition coefficient (Wildman–Crippen LogP) is 4.31. The third-order valence-electron chi connectivity index (χ3n) is 4.13. The van der Waals surface area contributed by atoms with Gasteiger partial charge in [-0.3, -0.25) is 0 Å². The lowest BCUT2D eigenvalue weighted by molar-refractivity contribution is 0.345. The number of ether oxygens (including phenoxy) is 2. The van der Waals surface area contributed by atoms with Gasteiger partial charge in [-0.25, -0.2) is 0 Å². The molecule has 0 amide bonds. The molecule has 1 aromatic rings. The van der Waals surface area contributed by atoms with Gasteiger partial charge in [0, 0.05) is 11.6 Å². The summed E-state index contributed by atoms with van der Waals surface area (Å²) in [6, 6.07) is 4.46. The van der Waals surface area contributed by atoms with Gasteiger partial charge in [0.15, 0.2) is 0 Å². The smallest absolute Gasteiger partial charge is 0.133 e. The van der Waals surface area contributed by atoms with E-state index in [4.69, 9.17) is 9.47 Å². The lowest BCUT2D eigenvalue weighted by Crippen LogP contribution is -2.27. The maximum Gasteiger partial charge on any atom is 0.133 e. The number of hydrogen-bond donors (Lipinski definition) is 1. The molecule has 0 radical (unpaired) electrons. The summed E-state index contributed by atoms with van der Waals surface area (Å²) >= 11 is 3.53. The average Bonchev–Trinajstić information content (AvgIpc) is 2.98. The fourth-order valence-electron chi connectivity index (χ4n) is 3.17. The lowest BCUT2D eigenvalue weighted by Gasteiger charge is -2.27. The molecule has 1 unspecified atom stereocenters. The molecule has 3 nitrogen and oxygen atoms in total. The van der Waals surface area contributed by atoms with Gasteiger partial charge in [-0.1, -0.05) is 19.8 Å². The van der Waals surface area contributed by atoms with Crippen LogP contribution >= 0.6 is 15.9 Å². The fourth-order valence-corrected chi connectivity index (χ4v) is 3.65. The Hall–Kier alpha value is -0.740. The standard InChI is InChI=1S/C16H24BrNO2/c1-4-18-16(11-7-5-6-8-11)12-9-15(20-3)13(17)10-14(12)19-2/h9-11,16,18H,4-8H2,1-3H3. The molecule has 1 atom stereocenters. The Balaban J connectivity index is 2.39.